The van der Waals surface area contributed by atoms with Gasteiger partial charge in [0.2, 0.25) is 6.29 Å². The monoisotopic (exact) mass is 217 g/mol. The van der Waals surface area contributed by atoms with E-state index in [4.69, 9.17) is 0 Å². The highest BCUT2D eigenvalue weighted by Gasteiger charge is 2.10. The van der Waals surface area contributed by atoms with E-state index in [1.54, 1.807) is 30.7 Å². The Morgan fingerprint density at radius 3 is 2.75 bits per heavy atom. The summed E-state index contributed by atoms with van der Waals surface area (Å²) in [7, 11) is 0. The molecule has 0 bridgehead atoms. The van der Waals surface area contributed by atoms with E-state index in [0.717, 1.165) is 0 Å². The van der Waals surface area contributed by atoms with E-state index >= 15 is 0 Å². The van der Waals surface area contributed by atoms with Crippen LogP contribution in [0.25, 0.3) is 6.08 Å². The lowest BCUT2D eigenvalue weighted by atomic mass is 10.2. The normalized spacial score (nSPS) is 11.3. The summed E-state index contributed by atoms with van der Waals surface area (Å²) >= 11 is 0. The van der Waals surface area contributed by atoms with Gasteiger partial charge in [0.05, 0.1) is 11.3 Å². The molecule has 0 atom stereocenters. The van der Waals surface area contributed by atoms with Gasteiger partial charge in [-0.05, 0) is 32.1 Å². The van der Waals surface area contributed by atoms with Gasteiger partial charge in [-0.3, -0.25) is 14.6 Å². The van der Waals surface area contributed by atoms with Crippen molar-refractivity contribution < 1.29 is 9.59 Å². The zero-order chi connectivity index (χ0) is 12.0. The average molecular weight is 217 g/mol. The van der Waals surface area contributed by atoms with E-state index in [0.29, 0.717) is 5.69 Å². The maximum absolute atomic E-state index is 11.5. The second kappa shape index (κ2) is 5.80. The van der Waals surface area contributed by atoms with Crippen molar-refractivity contribution in [3.8, 4) is 0 Å². The van der Waals surface area contributed by atoms with Crippen molar-refractivity contribution in [3.63, 3.8) is 0 Å². The molecular weight excluding hydrogens is 204 g/mol. The zero-order valence-corrected chi connectivity index (χ0v) is 9.23. The summed E-state index contributed by atoms with van der Waals surface area (Å²) in [6, 6.07) is 5.23. The first-order valence-electron chi connectivity index (χ1n) is 4.95. The first-order chi connectivity index (χ1) is 7.63. The molecule has 1 heterocycles. The van der Waals surface area contributed by atoms with Crippen LogP contribution in [0.3, 0.4) is 0 Å². The van der Waals surface area contributed by atoms with Gasteiger partial charge in [-0.2, -0.15) is 0 Å². The van der Waals surface area contributed by atoms with E-state index in [1.165, 1.54) is 6.08 Å². The average Bonchev–Trinajstić information content (AvgIpc) is 2.26. The van der Waals surface area contributed by atoms with Gasteiger partial charge in [-0.1, -0.05) is 6.07 Å². The van der Waals surface area contributed by atoms with E-state index in [1.807, 2.05) is 13.8 Å². The Morgan fingerprint density at radius 1 is 1.50 bits per heavy atom. The fourth-order valence-electron chi connectivity index (χ4n) is 1.09. The number of nitrogens with one attached hydrogen (secondary N) is 1. The third-order valence-electron chi connectivity index (χ3n) is 1.75. The van der Waals surface area contributed by atoms with E-state index in [-0.39, 0.29) is 11.6 Å². The zero-order valence-electron chi connectivity index (χ0n) is 9.23. The Hall–Kier alpha value is -1.97. The molecule has 0 aliphatic rings. The molecule has 0 unspecified atom stereocenters. The molecule has 1 amide bonds. The summed E-state index contributed by atoms with van der Waals surface area (Å²) < 4.78 is 0. The second-order valence-electron chi connectivity index (χ2n) is 3.54. The molecule has 0 saturated heterocycles. The van der Waals surface area contributed by atoms with Crippen molar-refractivity contribution in [3.05, 3.63) is 35.7 Å². The van der Waals surface area contributed by atoms with Crippen LogP contribution in [0.4, 0.5) is 0 Å². The molecular formula is C12H13N2O2. The number of rotatable bonds is 4. The van der Waals surface area contributed by atoms with Gasteiger partial charge in [0, 0.05) is 12.2 Å². The Bertz CT molecular complexity index is 397. The molecule has 1 radical (unpaired) electrons. The van der Waals surface area contributed by atoms with Gasteiger partial charge < -0.3 is 5.32 Å². The molecule has 0 aliphatic carbocycles. The predicted octanol–water partition coefficient (Wildman–Crippen LogP) is 1.10. The highest BCUT2D eigenvalue weighted by Crippen LogP contribution is 2.02. The molecule has 1 N–H and O–H groups in total. The first kappa shape index (κ1) is 12.1. The van der Waals surface area contributed by atoms with Crippen LogP contribution < -0.4 is 5.32 Å². The molecule has 83 valence electrons. The van der Waals surface area contributed by atoms with Crippen LogP contribution in [-0.4, -0.2) is 23.2 Å². The molecule has 0 aliphatic heterocycles. The van der Waals surface area contributed by atoms with Gasteiger partial charge in [-0.25, -0.2) is 0 Å². The first-order valence-corrected chi connectivity index (χ1v) is 4.95. The molecule has 0 aromatic carbocycles. The van der Waals surface area contributed by atoms with Crippen LogP contribution in [0.2, 0.25) is 0 Å². The predicted molar refractivity (Wildman–Crippen MR) is 61.2 cm³/mol. The van der Waals surface area contributed by atoms with Crippen molar-refractivity contribution in [2.45, 2.75) is 19.9 Å². The Labute approximate surface area is 94.4 Å². The third-order valence-corrected chi connectivity index (χ3v) is 1.75. The lowest BCUT2D eigenvalue weighted by molar-refractivity contribution is -0.117. The molecule has 1 rings (SSSR count). The van der Waals surface area contributed by atoms with E-state index in [2.05, 4.69) is 10.3 Å². The minimum Gasteiger partial charge on any atom is -0.350 e. The van der Waals surface area contributed by atoms with E-state index in [9.17, 15) is 9.59 Å². The van der Waals surface area contributed by atoms with Gasteiger partial charge in [-0.15, -0.1) is 0 Å². The molecule has 0 saturated carbocycles. The van der Waals surface area contributed by atoms with Crippen LogP contribution in [-0.2, 0) is 9.59 Å². The quantitative estimate of drug-likeness (QED) is 0.466. The molecule has 1 aromatic rings. The topological polar surface area (TPSA) is 59.1 Å². The standard InChI is InChI=1S/C12H13N2O2/c1-9(2)14-12(16)10(8-15)7-11-5-3-4-6-13-11/h3-7,9H,1-2H3,(H,14,16). The molecule has 4 heteroatoms. The number of hydrogen-bond donors (Lipinski definition) is 1. The summed E-state index contributed by atoms with van der Waals surface area (Å²) in [6.07, 6.45) is 4.61. The minimum atomic E-state index is -0.435. The largest absolute Gasteiger partial charge is 0.350 e. The lowest BCUT2D eigenvalue weighted by Gasteiger charge is -2.06. The van der Waals surface area contributed by atoms with Crippen LogP contribution in [0, 0.1) is 0 Å². The van der Waals surface area contributed by atoms with Gasteiger partial charge in [0.15, 0.2) is 0 Å². The SMILES string of the molecule is CC(C)NC(=O)C([C]=O)=Cc1ccccn1. The van der Waals surface area contributed by atoms with Crippen molar-refractivity contribution >= 4 is 18.3 Å². The number of aromatic nitrogens is 1. The summed E-state index contributed by atoms with van der Waals surface area (Å²) in [5.41, 5.74) is 0.507. The molecule has 1 aromatic heterocycles. The van der Waals surface area contributed by atoms with Gasteiger partial charge in [0.25, 0.3) is 5.91 Å². The highest BCUT2D eigenvalue weighted by molar-refractivity contribution is 6.14. The van der Waals surface area contributed by atoms with Crippen LogP contribution >= 0.6 is 0 Å². The van der Waals surface area contributed by atoms with Crippen LogP contribution in [0.1, 0.15) is 19.5 Å². The highest BCUT2D eigenvalue weighted by atomic mass is 16.2. The molecule has 0 spiro atoms. The van der Waals surface area contributed by atoms with Gasteiger partial charge >= 0.3 is 0 Å². The summed E-state index contributed by atoms with van der Waals surface area (Å²) in [5.74, 6) is -0.435. The number of pyridine rings is 1. The Morgan fingerprint density at radius 2 is 2.25 bits per heavy atom. The third kappa shape index (κ3) is 3.65. The molecule has 0 fully saturated rings. The number of hydrogen-bond acceptors (Lipinski definition) is 3. The van der Waals surface area contributed by atoms with E-state index < -0.39 is 5.91 Å². The fraction of sp³-hybridized carbons (Fsp3) is 0.250. The molecule has 16 heavy (non-hydrogen) atoms. The minimum absolute atomic E-state index is 0.0204. The van der Waals surface area contributed by atoms with Crippen LogP contribution in [0.5, 0.6) is 0 Å². The number of carbonyl (C=O) groups is 1. The van der Waals surface area contributed by atoms with Crippen molar-refractivity contribution in [2.75, 3.05) is 0 Å². The molecule has 4 nitrogen and oxygen atoms in total. The fourth-order valence-corrected chi connectivity index (χ4v) is 1.09. The van der Waals surface area contributed by atoms with Crippen molar-refractivity contribution in [2.24, 2.45) is 0 Å². The number of nitrogens with zero attached hydrogens (tertiary/aromatic N) is 1. The lowest BCUT2D eigenvalue weighted by Crippen LogP contribution is -2.31. The van der Waals surface area contributed by atoms with Gasteiger partial charge in [0.1, 0.15) is 0 Å². The van der Waals surface area contributed by atoms with Crippen molar-refractivity contribution in [1.29, 1.82) is 0 Å². The summed E-state index contributed by atoms with van der Waals surface area (Å²) in [6.45, 7) is 3.64. The summed E-state index contributed by atoms with van der Waals surface area (Å²) in [5, 5.41) is 2.62. The maximum atomic E-state index is 11.5. The van der Waals surface area contributed by atoms with Crippen molar-refractivity contribution in [1.82, 2.24) is 10.3 Å². The second-order valence-corrected chi connectivity index (χ2v) is 3.54. The Kier molecular flexibility index (Phi) is 4.39. The summed E-state index contributed by atoms with van der Waals surface area (Å²) in [4.78, 5) is 26.2. The number of amides is 1. The maximum Gasteiger partial charge on any atom is 0.255 e. The smallest absolute Gasteiger partial charge is 0.255 e. The van der Waals surface area contributed by atoms with Crippen LogP contribution in [0.15, 0.2) is 30.0 Å². The number of carbonyl (C=O) groups excluding carboxylic acids is 2. The Balaban J connectivity index is 2.86.